The summed E-state index contributed by atoms with van der Waals surface area (Å²) in [5, 5.41) is 18.6. The molecule has 0 aliphatic carbocycles. The normalized spacial score (nSPS) is 24.8. The fourth-order valence-corrected chi connectivity index (χ4v) is 1.76. The van der Waals surface area contributed by atoms with E-state index in [9.17, 15) is 9.90 Å². The van der Waals surface area contributed by atoms with Crippen LogP contribution in [0.2, 0.25) is 0 Å². The Morgan fingerprint density at radius 1 is 1.69 bits per heavy atom. The molecule has 2 rings (SSSR count). The topological polar surface area (TPSA) is 111 Å². The van der Waals surface area contributed by atoms with Crippen molar-refractivity contribution in [1.82, 2.24) is 9.55 Å². The number of nitrogens with two attached hydrogens (primary N) is 1. The largest absolute Gasteiger partial charge is 0.493 e. The molecule has 1 fully saturated rings. The van der Waals surface area contributed by atoms with Gasteiger partial charge in [-0.1, -0.05) is 0 Å². The van der Waals surface area contributed by atoms with Crippen molar-refractivity contribution in [2.75, 3.05) is 6.61 Å². The number of aliphatic hydroxyl groups excluding tert-OH is 1. The van der Waals surface area contributed by atoms with Gasteiger partial charge in [-0.05, 0) is 12.8 Å². The fraction of sp³-hybridized carbons (Fsp3) is 0.556. The molecule has 1 saturated heterocycles. The molecule has 2 atom stereocenters. The molecule has 0 bridgehead atoms. The van der Waals surface area contributed by atoms with Crippen molar-refractivity contribution >= 4 is 5.91 Å². The maximum Gasteiger partial charge on any atom is 0.272 e. The van der Waals surface area contributed by atoms with Crippen molar-refractivity contribution in [2.24, 2.45) is 5.73 Å². The molecule has 0 spiro atoms. The number of amides is 1. The van der Waals surface area contributed by atoms with Gasteiger partial charge in [0, 0.05) is 0 Å². The Bertz CT molecular complexity index is 403. The number of nitrogens with zero attached hydrogens (tertiary/aromatic N) is 2. The number of primary amides is 1. The third-order valence-corrected chi connectivity index (χ3v) is 2.60. The van der Waals surface area contributed by atoms with Crippen LogP contribution < -0.4 is 5.73 Å². The van der Waals surface area contributed by atoms with Crippen molar-refractivity contribution in [2.45, 2.75) is 25.2 Å². The summed E-state index contributed by atoms with van der Waals surface area (Å²) in [6.07, 6.45) is 2.01. The standard InChI is InChI=1S/C9H13N3O4/c10-8(14)7-9(15)12(4-11-7)6-2-1-5(3-13)16-6/h4-6,13,15H,1-3H2,(H2,10,14)/t5-,6+/m0/s1. The summed E-state index contributed by atoms with van der Waals surface area (Å²) in [6.45, 7) is -0.0609. The highest BCUT2D eigenvalue weighted by Crippen LogP contribution is 2.31. The van der Waals surface area contributed by atoms with Crippen LogP contribution in [0, 0.1) is 0 Å². The van der Waals surface area contributed by atoms with Crippen LogP contribution in [0.15, 0.2) is 6.33 Å². The first-order valence-electron chi connectivity index (χ1n) is 4.95. The lowest BCUT2D eigenvalue weighted by atomic mass is 10.2. The van der Waals surface area contributed by atoms with Crippen molar-refractivity contribution in [3.8, 4) is 5.88 Å². The van der Waals surface area contributed by atoms with Crippen molar-refractivity contribution < 1.29 is 19.7 Å². The molecule has 7 heteroatoms. The molecule has 2 heterocycles. The van der Waals surface area contributed by atoms with Crippen LogP contribution in [-0.2, 0) is 4.74 Å². The lowest BCUT2D eigenvalue weighted by Gasteiger charge is -2.13. The van der Waals surface area contributed by atoms with Gasteiger partial charge in [0.2, 0.25) is 5.88 Å². The fourth-order valence-electron chi connectivity index (χ4n) is 1.76. The van der Waals surface area contributed by atoms with Crippen molar-refractivity contribution in [3.63, 3.8) is 0 Å². The molecule has 7 nitrogen and oxygen atoms in total. The molecule has 1 aliphatic heterocycles. The lowest BCUT2D eigenvalue weighted by Crippen LogP contribution is -2.14. The predicted octanol–water partition coefficient (Wildman–Crippen LogP) is -0.643. The Labute approximate surface area is 91.5 Å². The average Bonchev–Trinajstić information content (AvgIpc) is 2.83. The molecule has 88 valence electrons. The summed E-state index contributed by atoms with van der Waals surface area (Å²) >= 11 is 0. The van der Waals surface area contributed by atoms with Gasteiger partial charge < -0.3 is 20.7 Å². The van der Waals surface area contributed by atoms with Crippen LogP contribution in [-0.4, -0.2) is 38.4 Å². The van der Waals surface area contributed by atoms with E-state index in [-0.39, 0.29) is 24.3 Å². The molecule has 4 N–H and O–H groups in total. The Morgan fingerprint density at radius 3 is 2.94 bits per heavy atom. The van der Waals surface area contributed by atoms with Crippen LogP contribution in [0.3, 0.4) is 0 Å². The number of aliphatic hydroxyl groups is 1. The van der Waals surface area contributed by atoms with Crippen LogP contribution >= 0.6 is 0 Å². The minimum atomic E-state index is -0.784. The monoisotopic (exact) mass is 227 g/mol. The Hall–Kier alpha value is -1.60. The summed E-state index contributed by atoms with van der Waals surface area (Å²) in [4.78, 5) is 14.6. The van der Waals surface area contributed by atoms with Crippen LogP contribution in [0.5, 0.6) is 5.88 Å². The smallest absolute Gasteiger partial charge is 0.272 e. The van der Waals surface area contributed by atoms with Gasteiger partial charge in [-0.3, -0.25) is 9.36 Å². The van der Waals surface area contributed by atoms with Gasteiger partial charge in [0.25, 0.3) is 5.91 Å². The van der Waals surface area contributed by atoms with Crippen molar-refractivity contribution in [1.29, 1.82) is 0 Å². The SMILES string of the molecule is NC(=O)c1ncn([C@H]2CC[C@@H](CO)O2)c1O. The van der Waals surface area contributed by atoms with Gasteiger partial charge in [0.05, 0.1) is 12.7 Å². The second kappa shape index (κ2) is 4.11. The van der Waals surface area contributed by atoms with Crippen LogP contribution in [0.25, 0.3) is 0 Å². The van der Waals surface area contributed by atoms with Gasteiger partial charge in [-0.25, -0.2) is 4.98 Å². The maximum absolute atomic E-state index is 10.9. The number of carbonyl (C=O) groups excluding carboxylic acids is 1. The highest BCUT2D eigenvalue weighted by molar-refractivity contribution is 5.92. The maximum atomic E-state index is 10.9. The zero-order valence-electron chi connectivity index (χ0n) is 8.54. The van der Waals surface area contributed by atoms with E-state index in [0.29, 0.717) is 12.8 Å². The second-order valence-electron chi connectivity index (χ2n) is 3.66. The molecular formula is C9H13N3O4. The summed E-state index contributed by atoms with van der Waals surface area (Å²) in [5.74, 6) is -1.08. The number of ether oxygens (including phenoxy) is 1. The first kappa shape index (κ1) is 10.9. The molecular weight excluding hydrogens is 214 g/mol. The molecule has 1 aliphatic rings. The number of aromatic nitrogens is 2. The summed E-state index contributed by atoms with van der Waals surface area (Å²) in [5.41, 5.74) is 4.85. The molecule has 0 aromatic carbocycles. The zero-order valence-corrected chi connectivity index (χ0v) is 8.54. The zero-order chi connectivity index (χ0) is 11.7. The van der Waals surface area contributed by atoms with E-state index in [4.69, 9.17) is 15.6 Å². The molecule has 1 amide bonds. The number of hydrogen-bond acceptors (Lipinski definition) is 5. The van der Waals surface area contributed by atoms with E-state index in [1.807, 2.05) is 0 Å². The number of hydrogen-bond donors (Lipinski definition) is 3. The minimum Gasteiger partial charge on any atom is -0.493 e. The number of aromatic hydroxyl groups is 1. The Morgan fingerprint density at radius 2 is 2.44 bits per heavy atom. The minimum absolute atomic E-state index is 0.0609. The van der Waals surface area contributed by atoms with E-state index in [2.05, 4.69) is 4.98 Å². The van der Waals surface area contributed by atoms with Gasteiger partial charge in [0.1, 0.15) is 12.6 Å². The quantitative estimate of drug-likeness (QED) is 0.636. The lowest BCUT2D eigenvalue weighted by molar-refractivity contribution is -0.0251. The van der Waals surface area contributed by atoms with E-state index >= 15 is 0 Å². The van der Waals surface area contributed by atoms with Gasteiger partial charge in [-0.2, -0.15) is 0 Å². The predicted molar refractivity (Wildman–Crippen MR) is 52.6 cm³/mol. The van der Waals surface area contributed by atoms with E-state index < -0.39 is 12.1 Å². The Kier molecular flexibility index (Phi) is 2.80. The first-order chi connectivity index (χ1) is 7.63. The molecule has 0 saturated carbocycles. The molecule has 1 aromatic rings. The molecule has 16 heavy (non-hydrogen) atoms. The number of imidazole rings is 1. The highest BCUT2D eigenvalue weighted by atomic mass is 16.5. The molecule has 1 aromatic heterocycles. The third-order valence-electron chi connectivity index (χ3n) is 2.60. The van der Waals surface area contributed by atoms with Gasteiger partial charge in [-0.15, -0.1) is 0 Å². The third kappa shape index (κ3) is 1.74. The summed E-state index contributed by atoms with van der Waals surface area (Å²) < 4.78 is 6.77. The highest BCUT2D eigenvalue weighted by Gasteiger charge is 2.29. The van der Waals surface area contributed by atoms with Crippen LogP contribution in [0.1, 0.15) is 29.6 Å². The van der Waals surface area contributed by atoms with Crippen molar-refractivity contribution in [3.05, 3.63) is 12.0 Å². The summed E-state index contributed by atoms with van der Waals surface area (Å²) in [7, 11) is 0. The number of rotatable bonds is 3. The van der Waals surface area contributed by atoms with E-state index in [1.54, 1.807) is 0 Å². The van der Waals surface area contributed by atoms with E-state index in [1.165, 1.54) is 10.9 Å². The van der Waals surface area contributed by atoms with Crippen LogP contribution in [0.4, 0.5) is 0 Å². The first-order valence-corrected chi connectivity index (χ1v) is 4.95. The second-order valence-corrected chi connectivity index (χ2v) is 3.66. The molecule has 0 radical (unpaired) electrons. The van der Waals surface area contributed by atoms with Gasteiger partial charge >= 0.3 is 0 Å². The average molecular weight is 227 g/mol. The number of carbonyl (C=O) groups is 1. The summed E-state index contributed by atoms with van der Waals surface area (Å²) in [6, 6.07) is 0. The Balaban J connectivity index is 2.19. The van der Waals surface area contributed by atoms with Gasteiger partial charge in [0.15, 0.2) is 5.69 Å². The van der Waals surface area contributed by atoms with E-state index in [0.717, 1.165) is 0 Å². The molecule has 0 unspecified atom stereocenters.